The molecule has 3 nitrogen and oxygen atoms in total. The van der Waals surface area contributed by atoms with Gasteiger partial charge in [-0.2, -0.15) is 0 Å². The molecule has 0 unspecified atom stereocenters. The number of phenols is 1. The minimum absolute atomic E-state index is 0.182. The standard InChI is InChI=1S/C15H16BrNO2/c1-10-5-3-7-12(14(10)16)17-9-11-6-4-8-13(19-2)15(11)18/h3-8,17-18H,9H2,1-2H3. The van der Waals surface area contributed by atoms with Crippen LogP contribution in [-0.4, -0.2) is 12.2 Å². The van der Waals surface area contributed by atoms with Gasteiger partial charge in [0.05, 0.1) is 7.11 Å². The molecule has 0 heterocycles. The van der Waals surface area contributed by atoms with Crippen molar-refractivity contribution < 1.29 is 9.84 Å². The van der Waals surface area contributed by atoms with Crippen molar-refractivity contribution in [2.24, 2.45) is 0 Å². The smallest absolute Gasteiger partial charge is 0.162 e. The van der Waals surface area contributed by atoms with Crippen LogP contribution < -0.4 is 10.1 Å². The number of phenolic OH excluding ortho intramolecular Hbond substituents is 1. The highest BCUT2D eigenvalue weighted by atomic mass is 79.9. The second kappa shape index (κ2) is 5.97. The molecule has 2 N–H and O–H groups in total. The minimum atomic E-state index is 0.182. The van der Waals surface area contributed by atoms with E-state index in [0.717, 1.165) is 15.7 Å². The Morgan fingerprint density at radius 1 is 1.21 bits per heavy atom. The van der Waals surface area contributed by atoms with E-state index >= 15 is 0 Å². The van der Waals surface area contributed by atoms with E-state index in [9.17, 15) is 5.11 Å². The highest BCUT2D eigenvalue weighted by molar-refractivity contribution is 9.10. The fourth-order valence-corrected chi connectivity index (χ4v) is 2.25. The lowest BCUT2D eigenvalue weighted by atomic mass is 10.1. The van der Waals surface area contributed by atoms with E-state index in [2.05, 4.69) is 21.2 Å². The van der Waals surface area contributed by atoms with Crippen molar-refractivity contribution in [3.8, 4) is 11.5 Å². The Hall–Kier alpha value is -1.68. The van der Waals surface area contributed by atoms with Crippen molar-refractivity contribution in [2.45, 2.75) is 13.5 Å². The summed E-state index contributed by atoms with van der Waals surface area (Å²) in [7, 11) is 1.55. The van der Waals surface area contributed by atoms with E-state index in [1.54, 1.807) is 13.2 Å². The first-order chi connectivity index (χ1) is 9.13. The van der Waals surface area contributed by atoms with Crippen LogP contribution in [0.4, 0.5) is 5.69 Å². The van der Waals surface area contributed by atoms with Crippen LogP contribution in [0.1, 0.15) is 11.1 Å². The monoisotopic (exact) mass is 321 g/mol. The maximum absolute atomic E-state index is 10.0. The normalized spacial score (nSPS) is 10.3. The predicted octanol–water partition coefficient (Wildman–Crippen LogP) is 4.08. The summed E-state index contributed by atoms with van der Waals surface area (Å²) < 4.78 is 6.13. The van der Waals surface area contributed by atoms with Crippen molar-refractivity contribution in [1.82, 2.24) is 0 Å². The van der Waals surface area contributed by atoms with Gasteiger partial charge in [-0.1, -0.05) is 24.3 Å². The van der Waals surface area contributed by atoms with E-state index in [0.29, 0.717) is 12.3 Å². The van der Waals surface area contributed by atoms with Gasteiger partial charge in [0.25, 0.3) is 0 Å². The number of aromatic hydroxyl groups is 1. The highest BCUT2D eigenvalue weighted by Gasteiger charge is 2.08. The van der Waals surface area contributed by atoms with E-state index in [-0.39, 0.29) is 5.75 Å². The van der Waals surface area contributed by atoms with Crippen LogP contribution in [0.25, 0.3) is 0 Å². The number of benzene rings is 2. The third-order valence-electron chi connectivity index (χ3n) is 2.96. The molecular formula is C15H16BrNO2. The summed E-state index contributed by atoms with van der Waals surface area (Å²) in [4.78, 5) is 0. The fourth-order valence-electron chi connectivity index (χ4n) is 1.85. The highest BCUT2D eigenvalue weighted by Crippen LogP contribution is 2.31. The summed E-state index contributed by atoms with van der Waals surface area (Å²) in [6, 6.07) is 11.5. The first-order valence-electron chi connectivity index (χ1n) is 5.97. The van der Waals surface area contributed by atoms with Crippen LogP contribution in [0, 0.1) is 6.92 Å². The maximum Gasteiger partial charge on any atom is 0.162 e. The molecule has 0 saturated carbocycles. The number of halogens is 1. The molecular weight excluding hydrogens is 306 g/mol. The van der Waals surface area contributed by atoms with Crippen LogP contribution in [0.5, 0.6) is 11.5 Å². The molecule has 4 heteroatoms. The lowest BCUT2D eigenvalue weighted by Gasteiger charge is -2.12. The summed E-state index contributed by atoms with van der Waals surface area (Å²) in [6.07, 6.45) is 0. The van der Waals surface area contributed by atoms with Crippen molar-refractivity contribution in [2.75, 3.05) is 12.4 Å². The molecule has 0 saturated heterocycles. The average molecular weight is 322 g/mol. The molecule has 2 aromatic rings. The van der Waals surface area contributed by atoms with E-state index in [1.165, 1.54) is 5.56 Å². The lowest BCUT2D eigenvalue weighted by Crippen LogP contribution is -2.01. The molecule has 0 atom stereocenters. The van der Waals surface area contributed by atoms with Gasteiger partial charge in [0.2, 0.25) is 0 Å². The summed E-state index contributed by atoms with van der Waals surface area (Å²) >= 11 is 3.55. The van der Waals surface area contributed by atoms with Gasteiger partial charge < -0.3 is 15.2 Å². The lowest BCUT2D eigenvalue weighted by molar-refractivity contribution is 0.371. The Balaban J connectivity index is 2.17. The molecule has 100 valence electrons. The second-order valence-electron chi connectivity index (χ2n) is 4.26. The number of rotatable bonds is 4. The van der Waals surface area contributed by atoms with Crippen LogP contribution >= 0.6 is 15.9 Å². The fraction of sp³-hybridized carbons (Fsp3) is 0.200. The van der Waals surface area contributed by atoms with Gasteiger partial charge in [-0.3, -0.25) is 0 Å². The summed E-state index contributed by atoms with van der Waals surface area (Å²) in [5.74, 6) is 0.670. The molecule has 0 aliphatic rings. The molecule has 0 bridgehead atoms. The largest absolute Gasteiger partial charge is 0.504 e. The number of ether oxygens (including phenoxy) is 1. The van der Waals surface area contributed by atoms with E-state index in [4.69, 9.17) is 4.74 Å². The Bertz CT molecular complexity index is 584. The van der Waals surface area contributed by atoms with Crippen LogP contribution in [0.3, 0.4) is 0 Å². The molecule has 0 aromatic heterocycles. The third-order valence-corrected chi connectivity index (χ3v) is 4.02. The number of nitrogens with one attached hydrogen (secondary N) is 1. The molecule has 2 aromatic carbocycles. The van der Waals surface area contributed by atoms with Gasteiger partial charge in [-0.05, 0) is 40.5 Å². The topological polar surface area (TPSA) is 41.5 Å². The van der Waals surface area contributed by atoms with Crippen molar-refractivity contribution in [3.63, 3.8) is 0 Å². The zero-order valence-corrected chi connectivity index (χ0v) is 12.5. The Morgan fingerprint density at radius 2 is 1.95 bits per heavy atom. The van der Waals surface area contributed by atoms with Crippen molar-refractivity contribution >= 4 is 21.6 Å². The predicted molar refractivity (Wildman–Crippen MR) is 80.9 cm³/mol. The molecule has 2 rings (SSSR count). The molecule has 0 aliphatic heterocycles. The van der Waals surface area contributed by atoms with Crippen LogP contribution in [0.2, 0.25) is 0 Å². The third kappa shape index (κ3) is 3.01. The van der Waals surface area contributed by atoms with Gasteiger partial charge in [0, 0.05) is 22.3 Å². The Morgan fingerprint density at radius 3 is 2.68 bits per heavy atom. The van der Waals surface area contributed by atoms with Gasteiger partial charge in [-0.15, -0.1) is 0 Å². The molecule has 0 radical (unpaired) electrons. The number of para-hydroxylation sites is 1. The van der Waals surface area contributed by atoms with Crippen molar-refractivity contribution in [3.05, 3.63) is 52.0 Å². The number of anilines is 1. The van der Waals surface area contributed by atoms with Gasteiger partial charge in [0.1, 0.15) is 0 Å². The summed E-state index contributed by atoms with van der Waals surface area (Å²) in [5.41, 5.74) is 2.97. The summed E-state index contributed by atoms with van der Waals surface area (Å²) in [5, 5.41) is 13.3. The molecule has 0 amide bonds. The maximum atomic E-state index is 10.0. The Labute approximate surface area is 121 Å². The number of aryl methyl sites for hydroxylation is 1. The van der Waals surface area contributed by atoms with Crippen LogP contribution in [-0.2, 0) is 6.54 Å². The zero-order chi connectivity index (χ0) is 13.8. The number of hydrogen-bond donors (Lipinski definition) is 2. The van der Waals surface area contributed by atoms with Gasteiger partial charge in [0.15, 0.2) is 11.5 Å². The molecule has 19 heavy (non-hydrogen) atoms. The average Bonchev–Trinajstić information content (AvgIpc) is 2.42. The minimum Gasteiger partial charge on any atom is -0.504 e. The van der Waals surface area contributed by atoms with Gasteiger partial charge in [-0.25, -0.2) is 0 Å². The Kier molecular flexibility index (Phi) is 4.32. The molecule has 0 aliphatic carbocycles. The zero-order valence-electron chi connectivity index (χ0n) is 10.9. The number of hydrogen-bond acceptors (Lipinski definition) is 3. The second-order valence-corrected chi connectivity index (χ2v) is 5.05. The molecule has 0 fully saturated rings. The van der Waals surface area contributed by atoms with E-state index < -0.39 is 0 Å². The SMILES string of the molecule is COc1cccc(CNc2cccc(C)c2Br)c1O. The number of methoxy groups -OCH3 is 1. The van der Waals surface area contributed by atoms with E-state index in [1.807, 2.05) is 37.3 Å². The quantitative estimate of drug-likeness (QED) is 0.891. The first-order valence-corrected chi connectivity index (χ1v) is 6.76. The first kappa shape index (κ1) is 13.7. The van der Waals surface area contributed by atoms with Crippen LogP contribution in [0.15, 0.2) is 40.9 Å². The molecule has 0 spiro atoms. The summed E-state index contributed by atoms with van der Waals surface area (Å²) in [6.45, 7) is 2.57. The van der Waals surface area contributed by atoms with Gasteiger partial charge >= 0.3 is 0 Å². The van der Waals surface area contributed by atoms with Crippen molar-refractivity contribution in [1.29, 1.82) is 0 Å².